The van der Waals surface area contributed by atoms with E-state index in [-0.39, 0.29) is 5.91 Å². The van der Waals surface area contributed by atoms with Crippen molar-refractivity contribution in [2.45, 2.75) is 13.8 Å². The number of carbonyl (C=O) groups excluding carboxylic acids is 1. The van der Waals surface area contributed by atoms with Crippen molar-refractivity contribution in [3.63, 3.8) is 0 Å². The SMILES string of the molecule is CC.CNCC(=O)N(C)C. The maximum absolute atomic E-state index is 10.6. The number of carbonyl (C=O) groups is 1. The van der Waals surface area contributed by atoms with Crippen molar-refractivity contribution in [3.05, 3.63) is 0 Å². The number of hydrogen-bond donors (Lipinski definition) is 1. The topological polar surface area (TPSA) is 32.3 Å². The van der Waals surface area contributed by atoms with Gasteiger partial charge in [0.1, 0.15) is 0 Å². The fraction of sp³-hybridized carbons (Fsp3) is 0.857. The molecule has 3 heteroatoms. The number of nitrogens with one attached hydrogen (secondary N) is 1. The quantitative estimate of drug-likeness (QED) is 0.608. The molecule has 0 aliphatic heterocycles. The van der Waals surface area contributed by atoms with Crippen molar-refractivity contribution in [2.75, 3.05) is 27.7 Å². The average Bonchev–Trinajstić information content (AvgIpc) is 1.93. The molecule has 0 atom stereocenters. The van der Waals surface area contributed by atoms with Gasteiger partial charge in [0.15, 0.2) is 0 Å². The van der Waals surface area contributed by atoms with E-state index in [2.05, 4.69) is 5.32 Å². The van der Waals surface area contributed by atoms with Crippen molar-refractivity contribution in [1.29, 1.82) is 0 Å². The summed E-state index contributed by atoms with van der Waals surface area (Å²) in [5, 5.41) is 2.76. The van der Waals surface area contributed by atoms with E-state index < -0.39 is 0 Å². The number of hydrogen-bond acceptors (Lipinski definition) is 2. The van der Waals surface area contributed by atoms with Crippen molar-refractivity contribution in [3.8, 4) is 0 Å². The lowest BCUT2D eigenvalue weighted by Crippen LogP contribution is -2.30. The first-order valence-corrected chi connectivity index (χ1v) is 3.53. The van der Waals surface area contributed by atoms with Gasteiger partial charge in [0, 0.05) is 14.1 Å². The lowest BCUT2D eigenvalue weighted by molar-refractivity contribution is -0.127. The van der Waals surface area contributed by atoms with Crippen LogP contribution in [-0.4, -0.2) is 38.5 Å². The van der Waals surface area contributed by atoms with Crippen molar-refractivity contribution in [1.82, 2.24) is 10.2 Å². The van der Waals surface area contributed by atoms with E-state index in [9.17, 15) is 4.79 Å². The van der Waals surface area contributed by atoms with E-state index in [4.69, 9.17) is 0 Å². The summed E-state index contributed by atoms with van der Waals surface area (Å²) in [6.45, 7) is 4.42. The van der Waals surface area contributed by atoms with Gasteiger partial charge in [-0.15, -0.1) is 0 Å². The summed E-state index contributed by atoms with van der Waals surface area (Å²) in [6, 6.07) is 0. The molecule has 0 aromatic rings. The number of rotatable bonds is 2. The summed E-state index contributed by atoms with van der Waals surface area (Å²) < 4.78 is 0. The highest BCUT2D eigenvalue weighted by atomic mass is 16.2. The van der Waals surface area contributed by atoms with Crippen LogP contribution in [-0.2, 0) is 4.79 Å². The van der Waals surface area contributed by atoms with Gasteiger partial charge >= 0.3 is 0 Å². The van der Waals surface area contributed by atoms with Gasteiger partial charge in [-0.1, -0.05) is 13.8 Å². The summed E-state index contributed by atoms with van der Waals surface area (Å²) in [5.41, 5.74) is 0. The fourth-order valence-electron chi connectivity index (χ4n) is 0.309. The van der Waals surface area contributed by atoms with Gasteiger partial charge in [-0.2, -0.15) is 0 Å². The maximum atomic E-state index is 10.6. The molecule has 0 aromatic carbocycles. The molecular weight excluding hydrogens is 128 g/mol. The molecule has 0 bridgehead atoms. The first-order chi connectivity index (χ1) is 4.68. The minimum Gasteiger partial charge on any atom is -0.348 e. The monoisotopic (exact) mass is 146 g/mol. The van der Waals surface area contributed by atoms with Gasteiger partial charge < -0.3 is 10.2 Å². The van der Waals surface area contributed by atoms with Crippen LogP contribution in [0.25, 0.3) is 0 Å². The van der Waals surface area contributed by atoms with E-state index >= 15 is 0 Å². The highest BCUT2D eigenvalue weighted by Crippen LogP contribution is 1.72. The molecule has 10 heavy (non-hydrogen) atoms. The van der Waals surface area contributed by atoms with Gasteiger partial charge in [0.25, 0.3) is 0 Å². The van der Waals surface area contributed by atoms with Crippen LogP contribution in [0.1, 0.15) is 13.8 Å². The Morgan fingerprint density at radius 1 is 1.40 bits per heavy atom. The molecule has 1 amide bonds. The Bertz CT molecular complexity index is 81.7. The highest BCUT2D eigenvalue weighted by molar-refractivity contribution is 5.77. The Morgan fingerprint density at radius 2 is 1.80 bits per heavy atom. The van der Waals surface area contributed by atoms with Gasteiger partial charge in [-0.05, 0) is 7.05 Å². The molecule has 1 N–H and O–H groups in total. The standard InChI is InChI=1S/C5H12N2O.C2H6/c1-6-4-5(8)7(2)3;1-2/h6H,4H2,1-3H3;1-2H3. The molecule has 0 saturated carbocycles. The molecule has 0 heterocycles. The second kappa shape index (κ2) is 8.43. The molecule has 0 unspecified atom stereocenters. The highest BCUT2D eigenvalue weighted by Gasteiger charge is 1.98. The Morgan fingerprint density at radius 3 is 1.90 bits per heavy atom. The van der Waals surface area contributed by atoms with Crippen molar-refractivity contribution in [2.24, 2.45) is 0 Å². The molecule has 62 valence electrons. The van der Waals surface area contributed by atoms with E-state index in [1.807, 2.05) is 13.8 Å². The van der Waals surface area contributed by atoms with Crippen LogP contribution in [0.2, 0.25) is 0 Å². The lowest BCUT2D eigenvalue weighted by Gasteiger charge is -2.07. The second-order valence-electron chi connectivity index (χ2n) is 1.82. The van der Waals surface area contributed by atoms with Crippen LogP contribution in [0.15, 0.2) is 0 Å². The number of likely N-dealkylation sites (N-methyl/N-ethyl adjacent to an activating group) is 2. The van der Waals surface area contributed by atoms with Crippen LogP contribution in [0, 0.1) is 0 Å². The summed E-state index contributed by atoms with van der Waals surface area (Å²) in [7, 11) is 5.22. The Labute approximate surface area is 63.4 Å². The molecular formula is C7H18N2O. The van der Waals surface area contributed by atoms with Crippen LogP contribution in [0.5, 0.6) is 0 Å². The van der Waals surface area contributed by atoms with Crippen LogP contribution in [0.4, 0.5) is 0 Å². The first-order valence-electron chi connectivity index (χ1n) is 3.53. The van der Waals surface area contributed by atoms with Crippen molar-refractivity contribution >= 4 is 5.91 Å². The molecule has 3 nitrogen and oxygen atoms in total. The summed E-state index contributed by atoms with van der Waals surface area (Å²) in [4.78, 5) is 12.2. The normalized spacial score (nSPS) is 7.70. The third-order valence-corrected chi connectivity index (χ3v) is 0.827. The summed E-state index contributed by atoms with van der Waals surface area (Å²) >= 11 is 0. The molecule has 0 aliphatic carbocycles. The van der Waals surface area contributed by atoms with Gasteiger partial charge in [0.2, 0.25) is 5.91 Å². The van der Waals surface area contributed by atoms with Gasteiger partial charge in [-0.25, -0.2) is 0 Å². The fourth-order valence-corrected chi connectivity index (χ4v) is 0.309. The molecule has 0 radical (unpaired) electrons. The van der Waals surface area contributed by atoms with E-state index in [0.29, 0.717) is 6.54 Å². The van der Waals surface area contributed by atoms with Crippen LogP contribution < -0.4 is 5.32 Å². The minimum absolute atomic E-state index is 0.104. The van der Waals surface area contributed by atoms with E-state index in [1.165, 1.54) is 0 Å². The molecule has 0 saturated heterocycles. The lowest BCUT2D eigenvalue weighted by atomic mass is 10.5. The smallest absolute Gasteiger partial charge is 0.235 e. The average molecular weight is 146 g/mol. The number of amides is 1. The molecule has 0 fully saturated rings. The predicted molar refractivity (Wildman–Crippen MR) is 44.0 cm³/mol. The zero-order valence-corrected chi connectivity index (χ0v) is 7.56. The third kappa shape index (κ3) is 7.43. The van der Waals surface area contributed by atoms with E-state index in [0.717, 1.165) is 0 Å². The predicted octanol–water partition coefficient (Wildman–Crippen LogP) is 0.320. The Kier molecular flexibility index (Phi) is 10.2. The van der Waals surface area contributed by atoms with Crippen LogP contribution >= 0.6 is 0 Å². The summed E-state index contributed by atoms with van der Waals surface area (Å²) in [5.74, 6) is 0.104. The van der Waals surface area contributed by atoms with E-state index in [1.54, 1.807) is 26.0 Å². The molecule has 0 aliphatic rings. The van der Waals surface area contributed by atoms with Gasteiger partial charge in [0.05, 0.1) is 6.54 Å². The molecule has 0 rings (SSSR count). The maximum Gasteiger partial charge on any atom is 0.235 e. The second-order valence-corrected chi connectivity index (χ2v) is 1.82. The van der Waals surface area contributed by atoms with Gasteiger partial charge in [-0.3, -0.25) is 4.79 Å². The minimum atomic E-state index is 0.104. The molecule has 0 aromatic heterocycles. The number of nitrogens with zero attached hydrogens (tertiary/aromatic N) is 1. The zero-order chi connectivity index (χ0) is 8.57. The molecule has 0 spiro atoms. The Hall–Kier alpha value is -0.570. The third-order valence-electron chi connectivity index (χ3n) is 0.827. The Balaban J connectivity index is 0. The largest absolute Gasteiger partial charge is 0.348 e. The zero-order valence-electron chi connectivity index (χ0n) is 7.56. The first kappa shape index (κ1) is 12.1. The van der Waals surface area contributed by atoms with Crippen LogP contribution in [0.3, 0.4) is 0 Å². The van der Waals surface area contributed by atoms with Crippen molar-refractivity contribution < 1.29 is 4.79 Å². The summed E-state index contributed by atoms with van der Waals surface area (Å²) in [6.07, 6.45) is 0.